The Bertz CT molecular complexity index is 804. The van der Waals surface area contributed by atoms with Crippen LogP contribution in [0.1, 0.15) is 15.9 Å². The van der Waals surface area contributed by atoms with Gasteiger partial charge in [-0.05, 0) is 28.8 Å². The molecular formula is C15H11N3O. The molecule has 92 valence electrons. The highest BCUT2D eigenvalue weighted by Crippen LogP contribution is 2.33. The summed E-state index contributed by atoms with van der Waals surface area (Å²) in [4.78, 5) is 11.7. The van der Waals surface area contributed by atoms with Crippen LogP contribution in [-0.2, 0) is 6.54 Å². The van der Waals surface area contributed by atoms with Crippen LogP contribution in [0.2, 0.25) is 0 Å². The van der Waals surface area contributed by atoms with Crippen LogP contribution >= 0.6 is 0 Å². The Labute approximate surface area is 109 Å². The molecule has 0 radical (unpaired) electrons. The van der Waals surface area contributed by atoms with Crippen LogP contribution in [0.3, 0.4) is 0 Å². The second-order valence-corrected chi connectivity index (χ2v) is 4.65. The van der Waals surface area contributed by atoms with Gasteiger partial charge in [-0.1, -0.05) is 24.3 Å². The Morgan fingerprint density at radius 2 is 1.79 bits per heavy atom. The van der Waals surface area contributed by atoms with Gasteiger partial charge in [-0.25, -0.2) is 0 Å². The number of hydrogen-bond acceptors (Lipinski definition) is 2. The van der Waals surface area contributed by atoms with E-state index in [1.807, 2.05) is 30.5 Å². The third-order valence-electron chi connectivity index (χ3n) is 3.62. The number of benzene rings is 2. The molecule has 1 aliphatic heterocycles. The van der Waals surface area contributed by atoms with Crippen LogP contribution in [0.4, 0.5) is 0 Å². The summed E-state index contributed by atoms with van der Waals surface area (Å²) in [6.45, 7) is 0.596. The van der Waals surface area contributed by atoms with Gasteiger partial charge in [-0.15, -0.1) is 0 Å². The molecule has 0 aliphatic carbocycles. The molecule has 2 N–H and O–H groups in total. The number of carbonyl (C=O) groups excluding carboxylic acids is 1. The topological polar surface area (TPSA) is 57.8 Å². The molecule has 19 heavy (non-hydrogen) atoms. The lowest BCUT2D eigenvalue weighted by molar-refractivity contribution is 0.0966. The summed E-state index contributed by atoms with van der Waals surface area (Å²) < 4.78 is 0. The molecule has 1 amide bonds. The molecule has 1 aliphatic rings. The summed E-state index contributed by atoms with van der Waals surface area (Å²) in [6.07, 6.45) is 1.83. The molecule has 0 spiro atoms. The van der Waals surface area contributed by atoms with Crippen LogP contribution in [0.5, 0.6) is 0 Å². The van der Waals surface area contributed by atoms with Gasteiger partial charge < -0.3 is 5.32 Å². The van der Waals surface area contributed by atoms with Gasteiger partial charge in [0.05, 0.1) is 11.7 Å². The van der Waals surface area contributed by atoms with E-state index in [4.69, 9.17) is 0 Å². The minimum absolute atomic E-state index is 0.0104. The Hall–Kier alpha value is -2.62. The van der Waals surface area contributed by atoms with Crippen LogP contribution in [0.25, 0.3) is 22.0 Å². The van der Waals surface area contributed by atoms with E-state index in [0.717, 1.165) is 33.2 Å². The lowest BCUT2D eigenvalue weighted by atomic mass is 9.95. The zero-order chi connectivity index (χ0) is 12.8. The summed E-state index contributed by atoms with van der Waals surface area (Å²) in [5.74, 6) is 0.0104. The van der Waals surface area contributed by atoms with Gasteiger partial charge in [-0.2, -0.15) is 5.10 Å². The molecule has 4 rings (SSSR count). The molecule has 2 heterocycles. The molecule has 0 saturated heterocycles. The standard InChI is InChI=1S/C15H11N3O/c19-15-11-5-1-3-9(12(11)7-16-15)10-4-2-6-14-13(10)8-17-18-14/h1-6,8H,7H2,(H,16,19)(H,17,18). The van der Waals surface area contributed by atoms with E-state index in [-0.39, 0.29) is 5.91 Å². The number of H-pyrrole nitrogens is 1. The zero-order valence-corrected chi connectivity index (χ0v) is 10.1. The predicted octanol–water partition coefficient (Wildman–Crippen LogP) is 2.47. The maximum atomic E-state index is 11.7. The summed E-state index contributed by atoms with van der Waals surface area (Å²) >= 11 is 0. The molecular weight excluding hydrogens is 238 g/mol. The average Bonchev–Trinajstić information content (AvgIpc) is 3.05. The van der Waals surface area contributed by atoms with Gasteiger partial charge in [0.2, 0.25) is 0 Å². The predicted molar refractivity (Wildman–Crippen MR) is 72.7 cm³/mol. The number of hydrogen-bond donors (Lipinski definition) is 2. The second-order valence-electron chi connectivity index (χ2n) is 4.65. The molecule has 0 atom stereocenters. The van der Waals surface area contributed by atoms with Crippen LogP contribution in [0, 0.1) is 0 Å². The van der Waals surface area contributed by atoms with Gasteiger partial charge in [0, 0.05) is 17.5 Å². The maximum absolute atomic E-state index is 11.7. The Morgan fingerprint density at radius 3 is 2.74 bits per heavy atom. The summed E-state index contributed by atoms with van der Waals surface area (Å²) in [5, 5.41) is 11.0. The van der Waals surface area contributed by atoms with E-state index in [1.165, 1.54) is 0 Å². The molecule has 0 fully saturated rings. The molecule has 3 aromatic rings. The van der Waals surface area contributed by atoms with Gasteiger partial charge in [0.15, 0.2) is 0 Å². The number of amides is 1. The van der Waals surface area contributed by atoms with Gasteiger partial charge in [0.1, 0.15) is 0 Å². The fourth-order valence-electron chi connectivity index (χ4n) is 2.71. The van der Waals surface area contributed by atoms with E-state index < -0.39 is 0 Å². The molecule has 2 aromatic carbocycles. The van der Waals surface area contributed by atoms with Crippen molar-refractivity contribution in [1.82, 2.24) is 15.5 Å². The summed E-state index contributed by atoms with van der Waals surface area (Å²) in [6, 6.07) is 11.9. The first kappa shape index (κ1) is 10.3. The number of carbonyl (C=O) groups is 1. The highest BCUT2D eigenvalue weighted by Gasteiger charge is 2.22. The van der Waals surface area contributed by atoms with Crippen LogP contribution in [0.15, 0.2) is 42.6 Å². The van der Waals surface area contributed by atoms with Crippen molar-refractivity contribution in [3.05, 3.63) is 53.7 Å². The Kier molecular flexibility index (Phi) is 2.00. The Morgan fingerprint density at radius 1 is 1.00 bits per heavy atom. The van der Waals surface area contributed by atoms with Gasteiger partial charge in [0.25, 0.3) is 5.91 Å². The zero-order valence-electron chi connectivity index (χ0n) is 10.1. The fraction of sp³-hybridized carbons (Fsp3) is 0.0667. The SMILES string of the molecule is O=C1NCc2c1cccc2-c1cccc2[nH]ncc12. The van der Waals surface area contributed by atoms with Crippen molar-refractivity contribution in [3.8, 4) is 11.1 Å². The highest BCUT2D eigenvalue weighted by molar-refractivity contribution is 6.03. The van der Waals surface area contributed by atoms with Gasteiger partial charge >= 0.3 is 0 Å². The minimum Gasteiger partial charge on any atom is -0.348 e. The summed E-state index contributed by atoms with van der Waals surface area (Å²) in [7, 11) is 0. The van der Waals surface area contributed by atoms with Crippen molar-refractivity contribution in [2.24, 2.45) is 0 Å². The quantitative estimate of drug-likeness (QED) is 0.696. The summed E-state index contributed by atoms with van der Waals surface area (Å²) in [5.41, 5.74) is 5.06. The first-order valence-electron chi connectivity index (χ1n) is 6.17. The molecule has 4 heteroatoms. The van der Waals surface area contributed by atoms with Crippen molar-refractivity contribution >= 4 is 16.8 Å². The normalized spacial score (nSPS) is 13.6. The van der Waals surface area contributed by atoms with E-state index in [0.29, 0.717) is 6.54 Å². The number of fused-ring (bicyclic) bond motifs is 2. The van der Waals surface area contributed by atoms with Gasteiger partial charge in [-0.3, -0.25) is 9.89 Å². The monoisotopic (exact) mass is 249 g/mol. The largest absolute Gasteiger partial charge is 0.348 e. The van der Waals surface area contributed by atoms with Crippen molar-refractivity contribution in [1.29, 1.82) is 0 Å². The first-order chi connectivity index (χ1) is 9.34. The number of rotatable bonds is 1. The molecule has 0 bridgehead atoms. The van der Waals surface area contributed by atoms with Crippen molar-refractivity contribution in [2.75, 3.05) is 0 Å². The second kappa shape index (κ2) is 3.68. The van der Waals surface area contributed by atoms with E-state index in [9.17, 15) is 4.79 Å². The van der Waals surface area contributed by atoms with Crippen molar-refractivity contribution < 1.29 is 4.79 Å². The molecule has 4 nitrogen and oxygen atoms in total. The van der Waals surface area contributed by atoms with E-state index >= 15 is 0 Å². The first-order valence-corrected chi connectivity index (χ1v) is 6.17. The molecule has 1 aromatic heterocycles. The van der Waals surface area contributed by atoms with Crippen molar-refractivity contribution in [3.63, 3.8) is 0 Å². The Balaban J connectivity index is 2.04. The number of aromatic amines is 1. The average molecular weight is 249 g/mol. The number of aromatic nitrogens is 2. The van der Waals surface area contributed by atoms with Crippen LogP contribution < -0.4 is 5.32 Å². The number of nitrogens with one attached hydrogen (secondary N) is 2. The van der Waals surface area contributed by atoms with E-state index in [2.05, 4.69) is 27.6 Å². The third kappa shape index (κ3) is 1.40. The lowest BCUT2D eigenvalue weighted by Gasteiger charge is -2.08. The van der Waals surface area contributed by atoms with E-state index in [1.54, 1.807) is 0 Å². The molecule has 0 unspecified atom stereocenters. The molecule has 0 saturated carbocycles. The highest BCUT2D eigenvalue weighted by atomic mass is 16.1. The lowest BCUT2D eigenvalue weighted by Crippen LogP contribution is -2.12. The smallest absolute Gasteiger partial charge is 0.251 e. The third-order valence-corrected chi connectivity index (χ3v) is 3.62. The maximum Gasteiger partial charge on any atom is 0.251 e. The van der Waals surface area contributed by atoms with Crippen molar-refractivity contribution in [2.45, 2.75) is 6.54 Å². The number of nitrogens with zero attached hydrogens (tertiary/aromatic N) is 1. The minimum atomic E-state index is 0.0104. The fourth-order valence-corrected chi connectivity index (χ4v) is 2.71. The van der Waals surface area contributed by atoms with Crippen LogP contribution in [-0.4, -0.2) is 16.1 Å².